The highest BCUT2D eigenvalue weighted by Crippen LogP contribution is 2.35. The van der Waals surface area contributed by atoms with Crippen LogP contribution in [-0.2, 0) is 4.74 Å². The van der Waals surface area contributed by atoms with E-state index in [9.17, 15) is 4.79 Å². The number of hydrogen-bond donors (Lipinski definition) is 1. The molecular formula is C15H16BNO2. The number of carbonyl (C=O) groups excluding carboxylic acids is 1. The highest BCUT2D eigenvalue weighted by molar-refractivity contribution is 6.57. The number of fused-ring (bicyclic) bond motifs is 1. The standard InChI is InChI=1S/C15H16BNO2/c1-3-7-10-12(4-2)19-13-9-6-5-8-11(13)14(10)17-15(16)18/h3-9,11,13-14H,1H2,2H3,(H,17,18)/b10-7+,12-4+. The summed E-state index contributed by atoms with van der Waals surface area (Å²) in [6.07, 6.45) is 13.2. The Bertz CT molecular complexity index is 502. The minimum absolute atomic E-state index is 0.0346. The van der Waals surface area contributed by atoms with E-state index in [1.54, 1.807) is 6.08 Å². The van der Waals surface area contributed by atoms with Crippen molar-refractivity contribution in [1.82, 2.24) is 5.32 Å². The Morgan fingerprint density at radius 2 is 2.21 bits per heavy atom. The highest BCUT2D eigenvalue weighted by Gasteiger charge is 2.38. The predicted molar refractivity (Wildman–Crippen MR) is 76.8 cm³/mol. The zero-order chi connectivity index (χ0) is 13.8. The van der Waals surface area contributed by atoms with Crippen LogP contribution in [0, 0.1) is 5.92 Å². The molecule has 4 heteroatoms. The molecule has 2 radical (unpaired) electrons. The van der Waals surface area contributed by atoms with E-state index in [1.807, 2.05) is 43.4 Å². The van der Waals surface area contributed by atoms with Crippen LogP contribution in [0.1, 0.15) is 6.92 Å². The molecule has 96 valence electrons. The van der Waals surface area contributed by atoms with E-state index in [0.29, 0.717) is 0 Å². The van der Waals surface area contributed by atoms with Crippen LogP contribution in [0.15, 0.2) is 60.4 Å². The minimum atomic E-state index is -0.543. The molecule has 0 aromatic heterocycles. The number of ether oxygens (including phenoxy) is 1. The Kier molecular flexibility index (Phi) is 4.10. The van der Waals surface area contributed by atoms with Gasteiger partial charge in [-0.05, 0) is 19.1 Å². The summed E-state index contributed by atoms with van der Waals surface area (Å²) in [6.45, 7) is 5.61. The first-order valence-corrected chi connectivity index (χ1v) is 6.24. The fourth-order valence-electron chi connectivity index (χ4n) is 2.47. The fraction of sp³-hybridized carbons (Fsp3) is 0.267. The predicted octanol–water partition coefficient (Wildman–Crippen LogP) is 2.39. The van der Waals surface area contributed by atoms with Crippen molar-refractivity contribution in [2.75, 3.05) is 0 Å². The van der Waals surface area contributed by atoms with E-state index in [4.69, 9.17) is 12.6 Å². The molecule has 0 aromatic rings. The lowest BCUT2D eigenvalue weighted by molar-refractivity contribution is 0.0851. The van der Waals surface area contributed by atoms with Gasteiger partial charge in [-0.3, -0.25) is 4.79 Å². The average Bonchev–Trinajstić information content (AvgIpc) is 2.40. The van der Waals surface area contributed by atoms with Crippen molar-refractivity contribution < 1.29 is 9.53 Å². The fourth-order valence-corrected chi connectivity index (χ4v) is 2.47. The van der Waals surface area contributed by atoms with Gasteiger partial charge in [-0.25, -0.2) is 0 Å². The third-order valence-electron chi connectivity index (χ3n) is 3.25. The molecule has 0 spiro atoms. The summed E-state index contributed by atoms with van der Waals surface area (Å²) in [4.78, 5) is 11.2. The van der Waals surface area contributed by atoms with E-state index in [2.05, 4.69) is 11.9 Å². The summed E-state index contributed by atoms with van der Waals surface area (Å²) < 4.78 is 5.93. The van der Waals surface area contributed by atoms with Crippen LogP contribution in [0.2, 0.25) is 0 Å². The molecule has 0 aromatic carbocycles. The molecule has 1 fully saturated rings. The maximum absolute atomic E-state index is 11.2. The quantitative estimate of drug-likeness (QED) is 0.767. The molecule has 1 amide bonds. The second kappa shape index (κ2) is 5.78. The first kappa shape index (κ1) is 13.5. The summed E-state index contributed by atoms with van der Waals surface area (Å²) in [5.41, 5.74) is 0.887. The van der Waals surface area contributed by atoms with E-state index >= 15 is 0 Å². The van der Waals surface area contributed by atoms with Gasteiger partial charge in [0.1, 0.15) is 11.9 Å². The first-order chi connectivity index (χ1) is 9.17. The molecule has 3 atom stereocenters. The van der Waals surface area contributed by atoms with Crippen LogP contribution < -0.4 is 5.32 Å². The Labute approximate surface area is 114 Å². The lowest BCUT2D eigenvalue weighted by atomic mass is 9.81. The summed E-state index contributed by atoms with van der Waals surface area (Å²) >= 11 is 0. The molecule has 0 saturated carbocycles. The van der Waals surface area contributed by atoms with Crippen molar-refractivity contribution in [3.05, 3.63) is 60.4 Å². The number of hydrogen-bond acceptors (Lipinski definition) is 2. The van der Waals surface area contributed by atoms with E-state index < -0.39 is 5.81 Å². The van der Waals surface area contributed by atoms with Crippen LogP contribution >= 0.6 is 0 Å². The van der Waals surface area contributed by atoms with Gasteiger partial charge in [0.25, 0.3) is 0 Å². The summed E-state index contributed by atoms with van der Waals surface area (Å²) in [5, 5.41) is 2.80. The highest BCUT2D eigenvalue weighted by atomic mass is 16.5. The van der Waals surface area contributed by atoms with E-state index in [-0.39, 0.29) is 18.1 Å². The molecular weight excluding hydrogens is 237 g/mol. The average molecular weight is 253 g/mol. The molecule has 2 aliphatic rings. The van der Waals surface area contributed by atoms with Crippen molar-refractivity contribution in [3.8, 4) is 0 Å². The molecule has 1 N–H and O–H groups in total. The SMILES string of the molecule is [B]C(=O)NC1C(=C/C=C)/C(=C\C)OC2C=CC=CC21. The van der Waals surface area contributed by atoms with Crippen LogP contribution in [0.25, 0.3) is 0 Å². The maximum Gasteiger partial charge on any atom is 0.200 e. The van der Waals surface area contributed by atoms with E-state index in [1.165, 1.54) is 0 Å². The third kappa shape index (κ3) is 2.73. The van der Waals surface area contributed by atoms with Crippen molar-refractivity contribution in [2.45, 2.75) is 19.1 Å². The topological polar surface area (TPSA) is 38.3 Å². The van der Waals surface area contributed by atoms with Gasteiger partial charge in [0, 0.05) is 11.5 Å². The van der Waals surface area contributed by atoms with Gasteiger partial charge in [-0.2, -0.15) is 0 Å². The number of rotatable bonds is 2. The van der Waals surface area contributed by atoms with Crippen LogP contribution in [0.4, 0.5) is 4.79 Å². The van der Waals surface area contributed by atoms with Gasteiger partial charge in [0.15, 0.2) is 5.81 Å². The van der Waals surface area contributed by atoms with Crippen LogP contribution in [-0.4, -0.2) is 25.8 Å². The van der Waals surface area contributed by atoms with Crippen molar-refractivity contribution in [2.24, 2.45) is 5.92 Å². The van der Waals surface area contributed by atoms with E-state index in [0.717, 1.165) is 11.3 Å². The molecule has 19 heavy (non-hydrogen) atoms. The Balaban J connectivity index is 2.41. The number of allylic oxidation sites excluding steroid dienone is 5. The molecule has 1 aliphatic heterocycles. The van der Waals surface area contributed by atoms with Gasteiger partial charge < -0.3 is 10.1 Å². The zero-order valence-corrected chi connectivity index (χ0v) is 10.9. The molecule has 1 heterocycles. The van der Waals surface area contributed by atoms with Crippen molar-refractivity contribution in [3.63, 3.8) is 0 Å². The second-order valence-electron chi connectivity index (χ2n) is 4.43. The van der Waals surface area contributed by atoms with Crippen LogP contribution in [0.3, 0.4) is 0 Å². The summed E-state index contributed by atoms with van der Waals surface area (Å²) in [5.74, 6) is 0.242. The molecule has 0 bridgehead atoms. The zero-order valence-electron chi connectivity index (χ0n) is 10.9. The minimum Gasteiger partial charge on any atom is -0.486 e. The van der Waals surface area contributed by atoms with Gasteiger partial charge in [-0.1, -0.05) is 37.0 Å². The summed E-state index contributed by atoms with van der Waals surface area (Å²) in [6, 6.07) is -0.207. The normalized spacial score (nSPS) is 32.8. The Morgan fingerprint density at radius 1 is 1.47 bits per heavy atom. The maximum atomic E-state index is 11.2. The lowest BCUT2D eigenvalue weighted by Gasteiger charge is -2.40. The van der Waals surface area contributed by atoms with Gasteiger partial charge >= 0.3 is 0 Å². The number of nitrogens with one attached hydrogen (secondary N) is 1. The Hall–Kier alpha value is -1.97. The number of amides is 1. The molecule has 3 unspecified atom stereocenters. The van der Waals surface area contributed by atoms with Gasteiger partial charge in [-0.15, -0.1) is 0 Å². The van der Waals surface area contributed by atoms with Gasteiger partial charge in [0.2, 0.25) is 7.85 Å². The second-order valence-corrected chi connectivity index (χ2v) is 4.43. The molecule has 1 aliphatic carbocycles. The summed E-state index contributed by atoms with van der Waals surface area (Å²) in [7, 11) is 5.28. The van der Waals surface area contributed by atoms with Gasteiger partial charge in [0.05, 0.1) is 6.04 Å². The number of carbonyl (C=O) groups is 1. The smallest absolute Gasteiger partial charge is 0.200 e. The largest absolute Gasteiger partial charge is 0.486 e. The molecule has 1 saturated heterocycles. The Morgan fingerprint density at radius 3 is 2.84 bits per heavy atom. The van der Waals surface area contributed by atoms with Crippen molar-refractivity contribution >= 4 is 13.7 Å². The first-order valence-electron chi connectivity index (χ1n) is 6.24. The monoisotopic (exact) mass is 253 g/mol. The van der Waals surface area contributed by atoms with Crippen molar-refractivity contribution in [1.29, 1.82) is 0 Å². The third-order valence-corrected chi connectivity index (χ3v) is 3.25. The molecule has 2 rings (SSSR count). The lowest BCUT2D eigenvalue weighted by Crippen LogP contribution is -2.49. The molecule has 3 nitrogen and oxygen atoms in total. The van der Waals surface area contributed by atoms with Crippen LogP contribution in [0.5, 0.6) is 0 Å².